The van der Waals surface area contributed by atoms with E-state index in [1.54, 1.807) is 6.20 Å². The van der Waals surface area contributed by atoms with Crippen molar-refractivity contribution >= 4 is 5.91 Å². The van der Waals surface area contributed by atoms with Crippen LogP contribution < -0.4 is 4.74 Å². The van der Waals surface area contributed by atoms with Crippen LogP contribution in [-0.4, -0.2) is 51.9 Å². The first kappa shape index (κ1) is 17.0. The number of pyridine rings is 1. The summed E-state index contributed by atoms with van der Waals surface area (Å²) in [6, 6.07) is 4.54. The molecule has 0 unspecified atom stereocenters. The van der Waals surface area contributed by atoms with Crippen LogP contribution in [0.1, 0.15) is 24.6 Å². The molecule has 1 atom stereocenters. The molecule has 8 heteroatoms. The highest BCUT2D eigenvalue weighted by atomic mass is 19.1. The van der Waals surface area contributed by atoms with E-state index in [4.69, 9.17) is 9.47 Å². The Morgan fingerprint density at radius 3 is 2.96 bits per heavy atom. The van der Waals surface area contributed by atoms with Crippen molar-refractivity contribution in [3.8, 4) is 5.88 Å². The summed E-state index contributed by atoms with van der Waals surface area (Å²) in [5, 5.41) is 4.34. The summed E-state index contributed by atoms with van der Waals surface area (Å²) in [5.74, 6) is -0.379. The third kappa shape index (κ3) is 3.41. The Hall–Kier alpha value is -2.48. The highest BCUT2D eigenvalue weighted by Gasteiger charge is 2.33. The van der Waals surface area contributed by atoms with Gasteiger partial charge in [-0.25, -0.2) is 9.37 Å². The highest BCUT2D eigenvalue weighted by molar-refractivity contribution is 5.79. The minimum atomic E-state index is -0.501. The van der Waals surface area contributed by atoms with Crippen molar-refractivity contribution in [1.29, 1.82) is 0 Å². The summed E-state index contributed by atoms with van der Waals surface area (Å²) in [6.07, 6.45) is 4.72. The molecule has 0 aromatic carbocycles. The summed E-state index contributed by atoms with van der Waals surface area (Å²) >= 11 is 0. The van der Waals surface area contributed by atoms with Crippen molar-refractivity contribution in [3.05, 3.63) is 42.1 Å². The number of aromatic nitrogens is 3. The molecule has 1 amide bonds. The molecule has 0 spiro atoms. The van der Waals surface area contributed by atoms with Crippen LogP contribution in [0.4, 0.5) is 4.39 Å². The molecule has 138 valence electrons. The molecule has 2 aliphatic heterocycles. The van der Waals surface area contributed by atoms with E-state index in [2.05, 4.69) is 10.1 Å². The second-order valence-corrected chi connectivity index (χ2v) is 6.63. The molecule has 4 heterocycles. The SMILES string of the molecule is O=C(C1CCOCC1)N1Cc2ccnn2[C@H](COc2ncccc2F)C1. The second kappa shape index (κ2) is 7.41. The van der Waals surface area contributed by atoms with Crippen LogP contribution in [0.15, 0.2) is 30.6 Å². The van der Waals surface area contributed by atoms with Gasteiger partial charge >= 0.3 is 0 Å². The first-order chi connectivity index (χ1) is 12.7. The van der Waals surface area contributed by atoms with Gasteiger partial charge in [0.25, 0.3) is 0 Å². The molecule has 1 saturated heterocycles. The number of hydrogen-bond donors (Lipinski definition) is 0. The average molecular weight is 360 g/mol. The van der Waals surface area contributed by atoms with Gasteiger partial charge in [0.05, 0.1) is 12.2 Å². The van der Waals surface area contributed by atoms with Gasteiger partial charge in [-0.15, -0.1) is 0 Å². The number of carbonyl (C=O) groups is 1. The minimum absolute atomic E-state index is 0.00743. The quantitative estimate of drug-likeness (QED) is 0.832. The molecule has 0 aliphatic carbocycles. The maximum atomic E-state index is 13.7. The zero-order valence-electron chi connectivity index (χ0n) is 14.4. The smallest absolute Gasteiger partial charge is 0.250 e. The fraction of sp³-hybridized carbons (Fsp3) is 0.500. The van der Waals surface area contributed by atoms with Crippen molar-refractivity contribution < 1.29 is 18.7 Å². The third-order valence-corrected chi connectivity index (χ3v) is 4.90. The number of amides is 1. The second-order valence-electron chi connectivity index (χ2n) is 6.63. The van der Waals surface area contributed by atoms with E-state index in [9.17, 15) is 9.18 Å². The third-order valence-electron chi connectivity index (χ3n) is 4.90. The number of carbonyl (C=O) groups excluding carboxylic acids is 1. The van der Waals surface area contributed by atoms with Crippen LogP contribution in [0.5, 0.6) is 5.88 Å². The van der Waals surface area contributed by atoms with Crippen molar-refractivity contribution in [2.24, 2.45) is 5.92 Å². The number of ether oxygens (including phenoxy) is 2. The zero-order valence-corrected chi connectivity index (χ0v) is 14.4. The van der Waals surface area contributed by atoms with Gasteiger partial charge in [-0.2, -0.15) is 5.10 Å². The Bertz CT molecular complexity index is 775. The van der Waals surface area contributed by atoms with Crippen molar-refractivity contribution in [2.45, 2.75) is 25.4 Å². The fourth-order valence-electron chi connectivity index (χ4n) is 3.53. The van der Waals surface area contributed by atoms with Crippen molar-refractivity contribution in [2.75, 3.05) is 26.4 Å². The van der Waals surface area contributed by atoms with E-state index in [0.717, 1.165) is 18.5 Å². The van der Waals surface area contributed by atoms with E-state index in [1.165, 1.54) is 18.3 Å². The molecule has 4 rings (SSSR count). The summed E-state index contributed by atoms with van der Waals surface area (Å²) in [4.78, 5) is 18.7. The molecule has 0 radical (unpaired) electrons. The lowest BCUT2D eigenvalue weighted by atomic mass is 9.98. The van der Waals surface area contributed by atoms with Crippen molar-refractivity contribution in [3.63, 3.8) is 0 Å². The van der Waals surface area contributed by atoms with Crippen LogP contribution in [0, 0.1) is 11.7 Å². The summed E-state index contributed by atoms with van der Waals surface area (Å²) < 4.78 is 26.5. The number of nitrogens with zero attached hydrogens (tertiary/aromatic N) is 4. The van der Waals surface area contributed by atoms with E-state index in [0.29, 0.717) is 26.3 Å². The Kier molecular flexibility index (Phi) is 4.83. The number of rotatable bonds is 4. The number of halogens is 1. The zero-order chi connectivity index (χ0) is 17.9. The molecule has 2 aliphatic rings. The van der Waals surface area contributed by atoms with Gasteiger partial charge in [0.15, 0.2) is 5.82 Å². The summed E-state index contributed by atoms with van der Waals surface area (Å²) in [7, 11) is 0. The van der Waals surface area contributed by atoms with Crippen LogP contribution in [0.3, 0.4) is 0 Å². The molecule has 0 saturated carbocycles. The minimum Gasteiger partial charge on any atom is -0.473 e. The molecular formula is C18H21FN4O3. The van der Waals surface area contributed by atoms with Crippen LogP contribution >= 0.6 is 0 Å². The lowest BCUT2D eigenvalue weighted by molar-refractivity contribution is -0.141. The lowest BCUT2D eigenvalue weighted by Gasteiger charge is -2.36. The molecule has 26 heavy (non-hydrogen) atoms. The molecule has 0 bridgehead atoms. The summed E-state index contributed by atoms with van der Waals surface area (Å²) in [6.45, 7) is 2.48. The number of hydrogen-bond acceptors (Lipinski definition) is 5. The fourth-order valence-corrected chi connectivity index (χ4v) is 3.53. The topological polar surface area (TPSA) is 69.5 Å². The van der Waals surface area contributed by atoms with E-state index >= 15 is 0 Å². The maximum Gasteiger partial charge on any atom is 0.250 e. The van der Waals surface area contributed by atoms with Gasteiger partial charge in [-0.05, 0) is 31.0 Å². The molecular weight excluding hydrogens is 339 g/mol. The van der Waals surface area contributed by atoms with E-state index in [1.807, 2.05) is 15.6 Å². The first-order valence-electron chi connectivity index (χ1n) is 8.84. The van der Waals surface area contributed by atoms with Crippen molar-refractivity contribution in [1.82, 2.24) is 19.7 Å². The highest BCUT2D eigenvalue weighted by Crippen LogP contribution is 2.26. The molecule has 7 nitrogen and oxygen atoms in total. The van der Waals surface area contributed by atoms with E-state index in [-0.39, 0.29) is 30.4 Å². The number of fused-ring (bicyclic) bond motifs is 1. The molecule has 2 aromatic rings. The normalized spacial score (nSPS) is 20.7. The largest absolute Gasteiger partial charge is 0.473 e. The monoisotopic (exact) mass is 360 g/mol. The summed E-state index contributed by atoms with van der Waals surface area (Å²) in [5.41, 5.74) is 0.951. The van der Waals surface area contributed by atoms with Gasteiger partial charge in [-0.3, -0.25) is 9.48 Å². The maximum absolute atomic E-state index is 13.7. The van der Waals surface area contributed by atoms with Gasteiger partial charge in [0, 0.05) is 38.1 Å². The lowest BCUT2D eigenvalue weighted by Crippen LogP contribution is -2.46. The average Bonchev–Trinajstić information content (AvgIpc) is 3.16. The Morgan fingerprint density at radius 2 is 2.15 bits per heavy atom. The van der Waals surface area contributed by atoms with Crippen LogP contribution in [0.2, 0.25) is 0 Å². The van der Waals surface area contributed by atoms with Crippen LogP contribution in [0.25, 0.3) is 0 Å². The van der Waals surface area contributed by atoms with Crippen LogP contribution in [-0.2, 0) is 16.1 Å². The standard InChI is InChI=1S/C18H21FN4O3/c19-16-2-1-6-20-17(16)26-12-15-11-22(10-14-3-7-21-23(14)15)18(24)13-4-8-25-9-5-13/h1-3,6-7,13,15H,4-5,8-12H2/t15-/m0/s1. The van der Waals surface area contributed by atoms with E-state index < -0.39 is 5.82 Å². The Morgan fingerprint density at radius 1 is 1.31 bits per heavy atom. The van der Waals surface area contributed by atoms with Gasteiger partial charge in [0.1, 0.15) is 12.6 Å². The van der Waals surface area contributed by atoms with Gasteiger partial charge in [0.2, 0.25) is 11.8 Å². The predicted octanol–water partition coefficient (Wildman–Crippen LogP) is 1.81. The van der Waals surface area contributed by atoms with Gasteiger partial charge in [-0.1, -0.05) is 0 Å². The van der Waals surface area contributed by atoms with Gasteiger partial charge < -0.3 is 14.4 Å². The Balaban J connectivity index is 1.47. The Labute approximate surface area is 150 Å². The molecule has 1 fully saturated rings. The molecule has 0 N–H and O–H groups in total. The molecule has 2 aromatic heterocycles. The first-order valence-corrected chi connectivity index (χ1v) is 8.84. The predicted molar refractivity (Wildman–Crippen MR) is 89.9 cm³/mol.